The first-order valence-corrected chi connectivity index (χ1v) is 4.12. The van der Waals surface area contributed by atoms with Crippen LogP contribution >= 0.6 is 0 Å². The fourth-order valence-corrected chi connectivity index (χ4v) is 0.984. The van der Waals surface area contributed by atoms with E-state index in [9.17, 15) is 0 Å². The molecular formula is C11H14Co. The first-order valence-electron chi connectivity index (χ1n) is 4.12. The van der Waals surface area contributed by atoms with Crippen molar-refractivity contribution in [3.63, 3.8) is 0 Å². The minimum absolute atomic E-state index is 0. The molecule has 0 spiro atoms. The average molecular weight is 205 g/mol. The normalized spacial score (nSPS) is 16.4. The maximum absolute atomic E-state index is 2.19. The van der Waals surface area contributed by atoms with Gasteiger partial charge in [0.15, 0.2) is 0 Å². The van der Waals surface area contributed by atoms with Crippen LogP contribution in [0.1, 0.15) is 13.3 Å². The van der Waals surface area contributed by atoms with Crippen molar-refractivity contribution in [2.24, 2.45) is 5.92 Å². The van der Waals surface area contributed by atoms with Crippen molar-refractivity contribution >= 4 is 0 Å². The molecule has 0 atom stereocenters. The fourth-order valence-electron chi connectivity index (χ4n) is 0.984. The molecule has 0 saturated carbocycles. The molecule has 1 heteroatoms. The van der Waals surface area contributed by atoms with Crippen LogP contribution in [0.5, 0.6) is 0 Å². The van der Waals surface area contributed by atoms with Crippen molar-refractivity contribution in [3.8, 4) is 0 Å². The standard InChI is InChI=1S/C11H14.Co/c1-2-3-4-5-8-11-9-6-7-10-11;/h3-11H,2H2,1H3;. The molecule has 1 rings (SSSR count). The van der Waals surface area contributed by atoms with E-state index in [2.05, 4.69) is 55.5 Å². The Morgan fingerprint density at radius 3 is 2.42 bits per heavy atom. The molecule has 0 saturated heterocycles. The van der Waals surface area contributed by atoms with Crippen molar-refractivity contribution in [1.29, 1.82) is 0 Å². The van der Waals surface area contributed by atoms with Crippen LogP contribution in [-0.4, -0.2) is 0 Å². The van der Waals surface area contributed by atoms with Gasteiger partial charge in [0.05, 0.1) is 0 Å². The second-order valence-corrected chi connectivity index (χ2v) is 2.57. The molecule has 1 aliphatic carbocycles. The Morgan fingerprint density at radius 1 is 1.17 bits per heavy atom. The molecule has 0 nitrogen and oxygen atoms in total. The van der Waals surface area contributed by atoms with Crippen LogP contribution in [0.3, 0.4) is 0 Å². The van der Waals surface area contributed by atoms with E-state index in [4.69, 9.17) is 0 Å². The Morgan fingerprint density at radius 2 is 1.83 bits per heavy atom. The number of hydrogen-bond acceptors (Lipinski definition) is 0. The van der Waals surface area contributed by atoms with Gasteiger partial charge >= 0.3 is 0 Å². The van der Waals surface area contributed by atoms with Gasteiger partial charge in [0.25, 0.3) is 0 Å². The maximum Gasteiger partial charge on any atom is 0.0136 e. The van der Waals surface area contributed by atoms with E-state index >= 15 is 0 Å². The molecule has 0 aliphatic heterocycles. The van der Waals surface area contributed by atoms with Gasteiger partial charge in [-0.25, -0.2) is 0 Å². The second-order valence-electron chi connectivity index (χ2n) is 2.57. The minimum Gasteiger partial charge on any atom is -0.0848 e. The van der Waals surface area contributed by atoms with E-state index in [1.807, 2.05) is 0 Å². The van der Waals surface area contributed by atoms with Crippen molar-refractivity contribution in [1.82, 2.24) is 0 Å². The predicted molar refractivity (Wildman–Crippen MR) is 50.3 cm³/mol. The molecule has 0 fully saturated rings. The molecule has 1 radical (unpaired) electrons. The maximum atomic E-state index is 2.19. The third kappa shape index (κ3) is 4.37. The van der Waals surface area contributed by atoms with Crippen LogP contribution in [0.25, 0.3) is 0 Å². The van der Waals surface area contributed by atoms with E-state index in [1.54, 1.807) is 0 Å². The SMILES string of the molecule is CCC=CC=CC1C=CC=C1.[Co]. The summed E-state index contributed by atoms with van der Waals surface area (Å²) in [4.78, 5) is 0. The van der Waals surface area contributed by atoms with Gasteiger partial charge in [-0.3, -0.25) is 0 Å². The molecule has 0 heterocycles. The van der Waals surface area contributed by atoms with Gasteiger partial charge in [-0.2, -0.15) is 0 Å². The van der Waals surface area contributed by atoms with E-state index in [1.165, 1.54) is 0 Å². The van der Waals surface area contributed by atoms with E-state index in [0.29, 0.717) is 5.92 Å². The van der Waals surface area contributed by atoms with Gasteiger partial charge in [0.1, 0.15) is 0 Å². The second kappa shape index (κ2) is 7.13. The van der Waals surface area contributed by atoms with Gasteiger partial charge in [0.2, 0.25) is 0 Å². The van der Waals surface area contributed by atoms with Gasteiger partial charge in [-0.1, -0.05) is 55.5 Å². The first kappa shape index (κ1) is 11.5. The van der Waals surface area contributed by atoms with Crippen LogP contribution in [0.2, 0.25) is 0 Å². The molecule has 12 heavy (non-hydrogen) atoms. The smallest absolute Gasteiger partial charge is 0.0136 e. The molecule has 0 bridgehead atoms. The van der Waals surface area contributed by atoms with Crippen molar-refractivity contribution < 1.29 is 16.8 Å². The Labute approximate surface area is 84.9 Å². The summed E-state index contributed by atoms with van der Waals surface area (Å²) >= 11 is 0. The van der Waals surface area contributed by atoms with Crippen LogP contribution in [0, 0.1) is 5.92 Å². The zero-order valence-electron chi connectivity index (χ0n) is 7.24. The molecule has 67 valence electrons. The van der Waals surface area contributed by atoms with Crippen LogP contribution in [0.4, 0.5) is 0 Å². The van der Waals surface area contributed by atoms with Crippen molar-refractivity contribution in [2.45, 2.75) is 13.3 Å². The zero-order chi connectivity index (χ0) is 7.94. The quantitative estimate of drug-likeness (QED) is 0.620. The number of allylic oxidation sites excluding steroid dienone is 8. The van der Waals surface area contributed by atoms with Crippen LogP contribution in [0.15, 0.2) is 48.6 Å². The summed E-state index contributed by atoms with van der Waals surface area (Å²) in [6.45, 7) is 2.14. The van der Waals surface area contributed by atoms with E-state index < -0.39 is 0 Å². The van der Waals surface area contributed by atoms with Gasteiger partial charge in [-0.05, 0) is 6.42 Å². The molecule has 0 aromatic carbocycles. The number of rotatable bonds is 3. The third-order valence-corrected chi connectivity index (χ3v) is 1.59. The summed E-state index contributed by atoms with van der Waals surface area (Å²) in [5.74, 6) is 0.525. The number of hydrogen-bond donors (Lipinski definition) is 0. The summed E-state index contributed by atoms with van der Waals surface area (Å²) in [5.41, 5.74) is 0. The minimum atomic E-state index is 0. The summed E-state index contributed by atoms with van der Waals surface area (Å²) in [7, 11) is 0. The first-order chi connectivity index (χ1) is 5.43. The van der Waals surface area contributed by atoms with Gasteiger partial charge < -0.3 is 0 Å². The molecule has 0 aromatic rings. The molecule has 0 amide bonds. The Bertz CT molecular complexity index is 197. The largest absolute Gasteiger partial charge is 0.0848 e. The third-order valence-electron chi connectivity index (χ3n) is 1.59. The van der Waals surface area contributed by atoms with Crippen molar-refractivity contribution in [2.75, 3.05) is 0 Å². The Kier molecular flexibility index (Phi) is 6.82. The summed E-state index contributed by atoms with van der Waals surface area (Å²) in [5, 5.41) is 0. The monoisotopic (exact) mass is 205 g/mol. The van der Waals surface area contributed by atoms with Crippen LogP contribution in [-0.2, 0) is 16.8 Å². The van der Waals surface area contributed by atoms with E-state index in [-0.39, 0.29) is 16.8 Å². The fraction of sp³-hybridized carbons (Fsp3) is 0.273. The Hall–Kier alpha value is -0.534. The summed E-state index contributed by atoms with van der Waals surface area (Å²) in [6, 6.07) is 0. The zero-order valence-corrected chi connectivity index (χ0v) is 8.28. The molecule has 1 aliphatic rings. The van der Waals surface area contributed by atoms with E-state index in [0.717, 1.165) is 6.42 Å². The summed E-state index contributed by atoms with van der Waals surface area (Å²) in [6.07, 6.45) is 18.2. The topological polar surface area (TPSA) is 0 Å². The van der Waals surface area contributed by atoms with Gasteiger partial charge in [0, 0.05) is 22.7 Å². The Balaban J connectivity index is 0.00000121. The average Bonchev–Trinajstić information content (AvgIpc) is 2.50. The predicted octanol–water partition coefficient (Wildman–Crippen LogP) is 3.25. The molecule has 0 N–H and O–H groups in total. The molecule has 0 unspecified atom stereocenters. The van der Waals surface area contributed by atoms with Crippen LogP contribution < -0.4 is 0 Å². The molecular weight excluding hydrogens is 191 g/mol. The van der Waals surface area contributed by atoms with Gasteiger partial charge in [-0.15, -0.1) is 0 Å². The van der Waals surface area contributed by atoms with Crippen molar-refractivity contribution in [3.05, 3.63) is 48.6 Å². The molecule has 0 aromatic heterocycles. The summed E-state index contributed by atoms with van der Waals surface area (Å²) < 4.78 is 0.